The quantitative estimate of drug-likeness (QED) is 0.346. The minimum Gasteiger partial charge on any atom is -0.465 e. The molecule has 0 aliphatic heterocycles. The molecule has 5 nitrogen and oxygen atoms in total. The van der Waals surface area contributed by atoms with Crippen LogP contribution < -0.4 is 5.32 Å². The second-order valence-corrected chi connectivity index (χ2v) is 5.10. The van der Waals surface area contributed by atoms with E-state index in [-0.39, 0.29) is 5.97 Å². The van der Waals surface area contributed by atoms with Gasteiger partial charge in [-0.25, -0.2) is 0 Å². The smallest absolute Gasteiger partial charge is 0.323 e. The van der Waals surface area contributed by atoms with Crippen LogP contribution in [0.15, 0.2) is 35.5 Å². The molecular weight excluding hydrogens is 256 g/mol. The van der Waals surface area contributed by atoms with Crippen molar-refractivity contribution in [1.29, 1.82) is 0 Å². The molecule has 110 valence electrons. The molecule has 0 saturated heterocycles. The van der Waals surface area contributed by atoms with Gasteiger partial charge in [-0.3, -0.25) is 10.1 Å². The molecule has 0 radical (unpaired) electrons. The lowest BCUT2D eigenvalue weighted by molar-refractivity contribution is -0.146. The van der Waals surface area contributed by atoms with E-state index in [1.54, 1.807) is 6.92 Å². The first-order valence-electron chi connectivity index (χ1n) is 6.65. The Kier molecular flexibility index (Phi) is 6.18. The molecule has 0 aliphatic carbocycles. The highest BCUT2D eigenvalue weighted by Gasteiger charge is 2.27. The summed E-state index contributed by atoms with van der Waals surface area (Å²) >= 11 is 0. The molecule has 0 unspecified atom stereocenters. The molecule has 20 heavy (non-hydrogen) atoms. The maximum atomic E-state index is 12.0. The summed E-state index contributed by atoms with van der Waals surface area (Å²) in [5.41, 5.74) is 0.427. The monoisotopic (exact) mass is 278 g/mol. The van der Waals surface area contributed by atoms with E-state index in [2.05, 4.69) is 10.5 Å². The highest BCUT2D eigenvalue weighted by Crippen LogP contribution is 2.09. The molecule has 0 amide bonds. The largest absolute Gasteiger partial charge is 0.465 e. The zero-order valence-electron chi connectivity index (χ0n) is 12.2. The normalized spacial score (nSPS) is 13.3. The molecule has 0 aliphatic rings. The summed E-state index contributed by atoms with van der Waals surface area (Å²) in [7, 11) is 0. The Balaban J connectivity index is 2.83. The highest BCUT2D eigenvalue weighted by atomic mass is 16.5. The maximum absolute atomic E-state index is 12.0. The first-order valence-corrected chi connectivity index (χ1v) is 6.65. The third-order valence-corrected chi connectivity index (χ3v) is 2.78. The van der Waals surface area contributed by atoms with Crippen molar-refractivity contribution in [2.24, 2.45) is 5.16 Å². The summed E-state index contributed by atoms with van der Waals surface area (Å²) in [6.07, 6.45) is 1.87. The number of oxime groups is 1. The van der Waals surface area contributed by atoms with Crippen molar-refractivity contribution in [3.05, 3.63) is 35.9 Å². The number of hydrogen-bond donors (Lipinski definition) is 2. The van der Waals surface area contributed by atoms with E-state index in [0.29, 0.717) is 13.0 Å². The van der Waals surface area contributed by atoms with Gasteiger partial charge in [0.15, 0.2) is 0 Å². The van der Waals surface area contributed by atoms with E-state index in [0.717, 1.165) is 5.56 Å². The Morgan fingerprint density at radius 3 is 2.65 bits per heavy atom. The number of rotatable bonds is 7. The summed E-state index contributed by atoms with van der Waals surface area (Å²) in [4.78, 5) is 12.0. The van der Waals surface area contributed by atoms with Crippen LogP contribution in [0.5, 0.6) is 0 Å². The van der Waals surface area contributed by atoms with E-state index >= 15 is 0 Å². The van der Waals surface area contributed by atoms with Gasteiger partial charge in [-0.15, -0.1) is 5.16 Å². The molecular formula is C15H22N2O3. The number of esters is 1. The molecule has 0 bridgehead atoms. The number of carbonyl (C=O) groups excluding carboxylic acids is 1. The Labute approximate surface area is 119 Å². The Morgan fingerprint density at radius 1 is 1.45 bits per heavy atom. The van der Waals surface area contributed by atoms with Crippen LogP contribution in [-0.2, 0) is 16.0 Å². The first-order chi connectivity index (χ1) is 9.48. The van der Waals surface area contributed by atoms with Gasteiger partial charge in [0.1, 0.15) is 6.04 Å². The van der Waals surface area contributed by atoms with E-state index < -0.39 is 11.6 Å². The lowest BCUT2D eigenvalue weighted by Gasteiger charge is -2.27. The van der Waals surface area contributed by atoms with Crippen molar-refractivity contribution in [1.82, 2.24) is 5.32 Å². The van der Waals surface area contributed by atoms with Gasteiger partial charge in [-0.1, -0.05) is 30.3 Å². The molecule has 0 fully saturated rings. The van der Waals surface area contributed by atoms with Crippen LogP contribution >= 0.6 is 0 Å². The van der Waals surface area contributed by atoms with E-state index in [1.807, 2.05) is 44.2 Å². The van der Waals surface area contributed by atoms with Gasteiger partial charge in [-0.2, -0.15) is 0 Å². The topological polar surface area (TPSA) is 70.9 Å². The van der Waals surface area contributed by atoms with Crippen LogP contribution in [0.25, 0.3) is 0 Å². The Morgan fingerprint density at radius 2 is 2.10 bits per heavy atom. The van der Waals surface area contributed by atoms with Crippen LogP contribution in [0.3, 0.4) is 0 Å². The van der Waals surface area contributed by atoms with Crippen molar-refractivity contribution in [2.75, 3.05) is 6.61 Å². The average molecular weight is 278 g/mol. The van der Waals surface area contributed by atoms with Crippen LogP contribution in [-0.4, -0.2) is 35.6 Å². The lowest BCUT2D eigenvalue weighted by atomic mass is 10.0. The first kappa shape index (κ1) is 16.2. The molecule has 5 heteroatoms. The maximum Gasteiger partial charge on any atom is 0.323 e. The summed E-state index contributed by atoms with van der Waals surface area (Å²) in [5.74, 6) is -0.309. The van der Waals surface area contributed by atoms with Crippen molar-refractivity contribution < 1.29 is 14.7 Å². The van der Waals surface area contributed by atoms with E-state index in [1.165, 1.54) is 6.21 Å². The van der Waals surface area contributed by atoms with Crippen molar-refractivity contribution >= 4 is 12.2 Å². The molecule has 2 N–H and O–H groups in total. The molecule has 0 heterocycles. The lowest BCUT2D eigenvalue weighted by Crippen LogP contribution is -2.52. The minimum absolute atomic E-state index is 0.309. The number of ether oxygens (including phenoxy) is 1. The standard InChI is InChI=1S/C15H22N2O3/c1-4-20-14(18)13(17-15(2,3)11-16-19)10-12-8-6-5-7-9-12/h5-9,11,13,17,19H,4,10H2,1-3H3/b16-11-/t13-/m1/s1. The van der Waals surface area contributed by atoms with Crippen LogP contribution in [0.4, 0.5) is 0 Å². The SMILES string of the molecule is CCOC(=O)[C@@H](Cc1ccccc1)NC(C)(C)/C=N\O. The number of nitrogens with zero attached hydrogens (tertiary/aromatic N) is 1. The van der Waals surface area contributed by atoms with E-state index in [4.69, 9.17) is 9.94 Å². The Hall–Kier alpha value is -1.88. The van der Waals surface area contributed by atoms with Crippen molar-refractivity contribution in [3.63, 3.8) is 0 Å². The summed E-state index contributed by atoms with van der Waals surface area (Å²) in [5, 5.41) is 14.8. The fourth-order valence-electron chi connectivity index (χ4n) is 1.92. The van der Waals surface area contributed by atoms with Gasteiger partial charge in [0.25, 0.3) is 0 Å². The molecule has 1 aromatic carbocycles. The Bertz CT molecular complexity index is 444. The molecule has 0 saturated carbocycles. The zero-order valence-corrected chi connectivity index (χ0v) is 12.2. The predicted molar refractivity (Wildman–Crippen MR) is 78.1 cm³/mol. The van der Waals surface area contributed by atoms with Crippen LogP contribution in [0.1, 0.15) is 26.3 Å². The molecule has 0 aromatic heterocycles. The van der Waals surface area contributed by atoms with Gasteiger partial charge >= 0.3 is 5.97 Å². The van der Waals surface area contributed by atoms with Gasteiger partial charge < -0.3 is 9.94 Å². The third-order valence-electron chi connectivity index (χ3n) is 2.78. The van der Waals surface area contributed by atoms with E-state index in [9.17, 15) is 4.79 Å². The summed E-state index contributed by atoms with van der Waals surface area (Å²) in [6, 6.07) is 9.21. The average Bonchev–Trinajstić information content (AvgIpc) is 2.39. The van der Waals surface area contributed by atoms with Gasteiger partial charge in [0, 0.05) is 0 Å². The van der Waals surface area contributed by atoms with Crippen molar-refractivity contribution in [3.8, 4) is 0 Å². The minimum atomic E-state index is -0.610. The molecule has 1 aromatic rings. The highest BCUT2D eigenvalue weighted by molar-refractivity contribution is 5.78. The van der Waals surface area contributed by atoms with Gasteiger partial charge in [0.2, 0.25) is 0 Å². The van der Waals surface area contributed by atoms with Crippen LogP contribution in [0, 0.1) is 0 Å². The number of benzene rings is 1. The fourth-order valence-corrected chi connectivity index (χ4v) is 1.92. The molecule has 1 atom stereocenters. The zero-order chi connectivity index (χ0) is 15.0. The second-order valence-electron chi connectivity index (χ2n) is 5.10. The van der Waals surface area contributed by atoms with Crippen molar-refractivity contribution in [2.45, 2.75) is 38.8 Å². The van der Waals surface area contributed by atoms with Gasteiger partial charge in [0.05, 0.1) is 18.4 Å². The molecule has 1 rings (SSSR count). The fraction of sp³-hybridized carbons (Fsp3) is 0.467. The van der Waals surface area contributed by atoms with Crippen LogP contribution in [0.2, 0.25) is 0 Å². The molecule has 0 spiro atoms. The second kappa shape index (κ2) is 7.65. The summed E-state index contributed by atoms with van der Waals surface area (Å²) in [6.45, 7) is 5.76. The summed E-state index contributed by atoms with van der Waals surface area (Å²) < 4.78 is 5.09. The third kappa shape index (κ3) is 5.40. The number of carbonyl (C=O) groups is 1. The van der Waals surface area contributed by atoms with Gasteiger partial charge in [-0.05, 0) is 32.8 Å². The number of hydrogen-bond acceptors (Lipinski definition) is 5. The number of nitrogens with one attached hydrogen (secondary N) is 1. The predicted octanol–water partition coefficient (Wildman–Crippen LogP) is 1.99.